The number of halogens is 2. The molecule has 0 spiro atoms. The van der Waals surface area contributed by atoms with Crippen LogP contribution >= 0.6 is 35.6 Å². The zero-order chi connectivity index (χ0) is 18.0. The number of aliphatic imine (C=N–C) groups is 1. The molecular weight excluding hydrogens is 471 g/mol. The zero-order valence-corrected chi connectivity index (χ0v) is 19.3. The van der Waals surface area contributed by atoms with Crippen LogP contribution in [0.3, 0.4) is 0 Å². The first-order chi connectivity index (χ1) is 12.7. The van der Waals surface area contributed by atoms with E-state index in [4.69, 9.17) is 16.6 Å². The van der Waals surface area contributed by atoms with Crippen molar-refractivity contribution in [1.29, 1.82) is 0 Å². The molecule has 0 amide bonds. The van der Waals surface area contributed by atoms with Crippen LogP contribution in [0.1, 0.15) is 44.6 Å². The molecule has 0 bridgehead atoms. The molecule has 150 valence electrons. The maximum absolute atomic E-state index is 6.19. The minimum absolute atomic E-state index is 0. The highest BCUT2D eigenvalue weighted by Crippen LogP contribution is 2.48. The van der Waals surface area contributed by atoms with Crippen LogP contribution in [0.2, 0.25) is 5.02 Å². The Morgan fingerprint density at radius 3 is 2.74 bits per heavy atom. The van der Waals surface area contributed by atoms with Crippen molar-refractivity contribution in [2.24, 2.45) is 10.9 Å². The largest absolute Gasteiger partial charge is 0.357 e. The van der Waals surface area contributed by atoms with Crippen molar-refractivity contribution in [2.75, 3.05) is 32.7 Å². The quantitative estimate of drug-likeness (QED) is 0.336. The average Bonchev–Trinajstić information content (AvgIpc) is 3.57. The van der Waals surface area contributed by atoms with Crippen molar-refractivity contribution in [3.8, 4) is 0 Å². The highest BCUT2D eigenvalue weighted by atomic mass is 127. The molecule has 27 heavy (non-hydrogen) atoms. The molecule has 0 aromatic heterocycles. The Balaban J connectivity index is 0.00000210. The van der Waals surface area contributed by atoms with E-state index in [0.29, 0.717) is 0 Å². The predicted molar refractivity (Wildman–Crippen MR) is 124 cm³/mol. The standard InChI is InChI=1S/C21H31ClN4.HI/c1-2-23-20(24-13-16-8-11-26(14-16)19-6-7-19)25-15-21(9-10-21)17-4-3-5-18(22)12-17;/h3-5,12,16,19H,2,6-11,13-15H2,1H3,(H2,23,24,25);1H. The van der Waals surface area contributed by atoms with Gasteiger partial charge in [0.25, 0.3) is 0 Å². The molecule has 3 fully saturated rings. The summed E-state index contributed by atoms with van der Waals surface area (Å²) in [7, 11) is 0. The van der Waals surface area contributed by atoms with Gasteiger partial charge in [0.2, 0.25) is 0 Å². The van der Waals surface area contributed by atoms with E-state index in [-0.39, 0.29) is 29.4 Å². The Labute approximate surface area is 185 Å². The minimum Gasteiger partial charge on any atom is -0.357 e. The minimum atomic E-state index is 0. The first-order valence-corrected chi connectivity index (χ1v) is 10.6. The summed E-state index contributed by atoms with van der Waals surface area (Å²) in [6, 6.07) is 9.20. The maximum Gasteiger partial charge on any atom is 0.191 e. The number of guanidine groups is 1. The molecule has 1 aromatic rings. The molecule has 1 aromatic carbocycles. The molecule has 4 nitrogen and oxygen atoms in total. The SMILES string of the molecule is CCNC(=NCC1(c2cccc(Cl)c2)CC1)NCC1CCN(C2CC2)C1.I. The van der Waals surface area contributed by atoms with E-state index >= 15 is 0 Å². The summed E-state index contributed by atoms with van der Waals surface area (Å²) in [5, 5.41) is 7.83. The number of hydrogen-bond donors (Lipinski definition) is 2. The molecular formula is C21H32ClIN4. The molecule has 1 unspecified atom stereocenters. The van der Waals surface area contributed by atoms with Crippen LogP contribution < -0.4 is 10.6 Å². The molecule has 3 aliphatic rings. The molecule has 4 rings (SSSR count). The van der Waals surface area contributed by atoms with Gasteiger partial charge in [0.1, 0.15) is 0 Å². The Bertz CT molecular complexity index is 657. The normalized spacial score (nSPS) is 24.4. The molecule has 2 aliphatic carbocycles. The van der Waals surface area contributed by atoms with E-state index in [1.807, 2.05) is 6.07 Å². The summed E-state index contributed by atoms with van der Waals surface area (Å²) in [4.78, 5) is 7.59. The second-order valence-corrected chi connectivity index (χ2v) is 8.68. The zero-order valence-electron chi connectivity index (χ0n) is 16.2. The molecule has 2 N–H and O–H groups in total. The number of likely N-dealkylation sites (tertiary alicyclic amines) is 1. The van der Waals surface area contributed by atoms with Crippen LogP contribution in [0.4, 0.5) is 0 Å². The molecule has 2 saturated carbocycles. The van der Waals surface area contributed by atoms with E-state index in [1.54, 1.807) is 0 Å². The van der Waals surface area contributed by atoms with E-state index in [1.165, 1.54) is 50.8 Å². The van der Waals surface area contributed by atoms with Gasteiger partial charge in [0.15, 0.2) is 5.96 Å². The van der Waals surface area contributed by atoms with Crippen molar-refractivity contribution in [1.82, 2.24) is 15.5 Å². The lowest BCUT2D eigenvalue weighted by molar-refractivity contribution is 0.314. The van der Waals surface area contributed by atoms with Crippen LogP contribution in [0.5, 0.6) is 0 Å². The van der Waals surface area contributed by atoms with Gasteiger partial charge in [0.05, 0.1) is 6.54 Å². The summed E-state index contributed by atoms with van der Waals surface area (Å²) in [6.45, 7) is 7.42. The first kappa shape index (κ1) is 21.2. The van der Waals surface area contributed by atoms with Crippen molar-refractivity contribution in [2.45, 2.75) is 50.5 Å². The summed E-state index contributed by atoms with van der Waals surface area (Å²) < 4.78 is 0. The number of benzene rings is 1. The van der Waals surface area contributed by atoms with Gasteiger partial charge in [-0.1, -0.05) is 23.7 Å². The number of nitrogens with one attached hydrogen (secondary N) is 2. The maximum atomic E-state index is 6.19. The van der Waals surface area contributed by atoms with Gasteiger partial charge >= 0.3 is 0 Å². The van der Waals surface area contributed by atoms with E-state index in [2.05, 4.69) is 40.7 Å². The fourth-order valence-electron chi connectivity index (χ4n) is 4.12. The summed E-state index contributed by atoms with van der Waals surface area (Å²) in [5.74, 6) is 1.72. The summed E-state index contributed by atoms with van der Waals surface area (Å²) in [6.07, 6.45) is 6.55. The van der Waals surface area contributed by atoms with Gasteiger partial charge in [-0.05, 0) is 69.2 Å². The van der Waals surface area contributed by atoms with E-state index < -0.39 is 0 Å². The number of rotatable bonds is 7. The third-order valence-corrected chi connectivity index (χ3v) is 6.35. The lowest BCUT2D eigenvalue weighted by atomic mass is 9.96. The van der Waals surface area contributed by atoms with Crippen LogP contribution in [0, 0.1) is 5.92 Å². The fourth-order valence-corrected chi connectivity index (χ4v) is 4.31. The van der Waals surface area contributed by atoms with Gasteiger partial charge in [-0.25, -0.2) is 0 Å². The van der Waals surface area contributed by atoms with Crippen LogP contribution in [-0.4, -0.2) is 49.6 Å². The number of hydrogen-bond acceptors (Lipinski definition) is 2. The van der Waals surface area contributed by atoms with Crippen molar-refractivity contribution in [3.63, 3.8) is 0 Å². The average molecular weight is 503 g/mol. The summed E-state index contributed by atoms with van der Waals surface area (Å²) in [5.41, 5.74) is 1.53. The van der Waals surface area contributed by atoms with Gasteiger partial charge < -0.3 is 15.5 Å². The van der Waals surface area contributed by atoms with Gasteiger partial charge in [0, 0.05) is 36.1 Å². The second kappa shape index (κ2) is 9.31. The molecule has 1 atom stereocenters. The van der Waals surface area contributed by atoms with Crippen molar-refractivity contribution in [3.05, 3.63) is 34.9 Å². The number of nitrogens with zero attached hydrogens (tertiary/aromatic N) is 2. The van der Waals surface area contributed by atoms with E-state index in [0.717, 1.165) is 42.6 Å². The Kier molecular flexibility index (Phi) is 7.31. The van der Waals surface area contributed by atoms with E-state index in [9.17, 15) is 0 Å². The third kappa shape index (κ3) is 5.51. The molecule has 1 aliphatic heterocycles. The predicted octanol–water partition coefficient (Wildman–Crippen LogP) is 4.03. The second-order valence-electron chi connectivity index (χ2n) is 8.25. The lowest BCUT2D eigenvalue weighted by Crippen LogP contribution is -2.41. The molecule has 6 heteroatoms. The Morgan fingerprint density at radius 2 is 2.07 bits per heavy atom. The molecule has 1 heterocycles. The Morgan fingerprint density at radius 1 is 1.26 bits per heavy atom. The third-order valence-electron chi connectivity index (χ3n) is 6.11. The van der Waals surface area contributed by atoms with Crippen LogP contribution in [0.25, 0.3) is 0 Å². The van der Waals surface area contributed by atoms with Gasteiger partial charge in [-0.3, -0.25) is 4.99 Å². The fraction of sp³-hybridized carbons (Fsp3) is 0.667. The Hall–Kier alpha value is -0.530. The van der Waals surface area contributed by atoms with Crippen molar-refractivity contribution >= 4 is 41.5 Å². The lowest BCUT2D eigenvalue weighted by Gasteiger charge is -2.18. The van der Waals surface area contributed by atoms with Crippen molar-refractivity contribution < 1.29 is 0 Å². The summed E-state index contributed by atoms with van der Waals surface area (Å²) >= 11 is 6.19. The molecule has 0 radical (unpaired) electrons. The van der Waals surface area contributed by atoms with Gasteiger partial charge in [-0.2, -0.15) is 0 Å². The monoisotopic (exact) mass is 502 g/mol. The highest BCUT2D eigenvalue weighted by molar-refractivity contribution is 14.0. The topological polar surface area (TPSA) is 39.7 Å². The highest BCUT2D eigenvalue weighted by Gasteiger charge is 2.44. The first-order valence-electron chi connectivity index (χ1n) is 10.2. The smallest absolute Gasteiger partial charge is 0.191 e. The van der Waals surface area contributed by atoms with Gasteiger partial charge in [-0.15, -0.1) is 24.0 Å². The van der Waals surface area contributed by atoms with Crippen LogP contribution in [-0.2, 0) is 5.41 Å². The van der Waals surface area contributed by atoms with Crippen LogP contribution in [0.15, 0.2) is 29.3 Å². The molecule has 1 saturated heterocycles.